The van der Waals surface area contributed by atoms with Crippen LogP contribution in [0.2, 0.25) is 5.02 Å². The SMILES string of the molecule is OC(CNC(c1ccc(Br)cc1Cl)C1CC1)CN1CCCC1. The predicted molar refractivity (Wildman–Crippen MR) is 94.3 cm³/mol. The van der Waals surface area contributed by atoms with Gasteiger partial charge in [-0.15, -0.1) is 0 Å². The van der Waals surface area contributed by atoms with Crippen molar-refractivity contribution < 1.29 is 5.11 Å². The molecule has 0 amide bonds. The van der Waals surface area contributed by atoms with E-state index >= 15 is 0 Å². The van der Waals surface area contributed by atoms with Crippen molar-refractivity contribution in [3.8, 4) is 0 Å². The van der Waals surface area contributed by atoms with Crippen molar-refractivity contribution in [1.29, 1.82) is 0 Å². The highest BCUT2D eigenvalue weighted by Gasteiger charge is 2.33. The second-order valence-electron chi connectivity index (χ2n) is 6.55. The van der Waals surface area contributed by atoms with E-state index in [1.54, 1.807) is 0 Å². The van der Waals surface area contributed by atoms with Crippen molar-refractivity contribution in [3.63, 3.8) is 0 Å². The minimum atomic E-state index is -0.312. The first-order valence-corrected chi connectivity index (χ1v) is 9.39. The van der Waals surface area contributed by atoms with Gasteiger partial charge in [-0.25, -0.2) is 0 Å². The molecular formula is C17H24BrClN2O. The number of benzene rings is 1. The van der Waals surface area contributed by atoms with Gasteiger partial charge in [0.2, 0.25) is 0 Å². The Bertz CT molecular complexity index is 503. The number of β-amino-alcohol motifs (C(OH)–C–C–N with tert-alkyl or cyclic N) is 1. The summed E-state index contributed by atoms with van der Waals surface area (Å²) in [6.07, 6.45) is 4.70. The Balaban J connectivity index is 1.57. The zero-order valence-electron chi connectivity index (χ0n) is 12.8. The molecule has 1 saturated heterocycles. The Morgan fingerprint density at radius 2 is 2.05 bits per heavy atom. The van der Waals surface area contributed by atoms with Crippen molar-refractivity contribution in [1.82, 2.24) is 10.2 Å². The molecule has 0 aromatic heterocycles. The van der Waals surface area contributed by atoms with Gasteiger partial charge in [0.15, 0.2) is 0 Å². The van der Waals surface area contributed by atoms with E-state index in [2.05, 4.69) is 32.2 Å². The maximum absolute atomic E-state index is 10.3. The molecule has 2 aliphatic rings. The van der Waals surface area contributed by atoms with Gasteiger partial charge in [0.25, 0.3) is 0 Å². The van der Waals surface area contributed by atoms with Crippen LogP contribution >= 0.6 is 27.5 Å². The fourth-order valence-electron chi connectivity index (χ4n) is 3.30. The number of aliphatic hydroxyl groups excluding tert-OH is 1. The number of likely N-dealkylation sites (tertiary alicyclic amines) is 1. The molecule has 2 fully saturated rings. The van der Waals surface area contributed by atoms with Crippen LogP contribution in [0.25, 0.3) is 0 Å². The third-order valence-corrected chi connectivity index (χ3v) is 5.45. The number of halogens is 2. The van der Waals surface area contributed by atoms with E-state index in [4.69, 9.17) is 11.6 Å². The summed E-state index contributed by atoms with van der Waals surface area (Å²) in [7, 11) is 0. The number of hydrogen-bond acceptors (Lipinski definition) is 3. The number of nitrogens with one attached hydrogen (secondary N) is 1. The quantitative estimate of drug-likeness (QED) is 0.750. The monoisotopic (exact) mass is 386 g/mol. The summed E-state index contributed by atoms with van der Waals surface area (Å²) in [5.41, 5.74) is 1.15. The number of rotatable bonds is 7. The highest BCUT2D eigenvalue weighted by molar-refractivity contribution is 9.10. The van der Waals surface area contributed by atoms with E-state index in [9.17, 15) is 5.11 Å². The van der Waals surface area contributed by atoms with Crippen molar-refractivity contribution >= 4 is 27.5 Å². The minimum Gasteiger partial charge on any atom is -0.390 e. The van der Waals surface area contributed by atoms with Crippen LogP contribution < -0.4 is 5.32 Å². The van der Waals surface area contributed by atoms with Crippen LogP contribution in [0.3, 0.4) is 0 Å². The van der Waals surface area contributed by atoms with Crippen LogP contribution in [-0.2, 0) is 0 Å². The molecule has 3 nitrogen and oxygen atoms in total. The highest BCUT2D eigenvalue weighted by atomic mass is 79.9. The largest absolute Gasteiger partial charge is 0.390 e. The van der Waals surface area contributed by atoms with Crippen LogP contribution in [0, 0.1) is 5.92 Å². The molecular weight excluding hydrogens is 364 g/mol. The molecule has 1 saturated carbocycles. The summed E-state index contributed by atoms with van der Waals surface area (Å²) in [6.45, 7) is 3.66. The molecule has 122 valence electrons. The molecule has 22 heavy (non-hydrogen) atoms. The summed E-state index contributed by atoms with van der Waals surface area (Å²) in [5, 5.41) is 14.6. The lowest BCUT2D eigenvalue weighted by atomic mass is 10.0. The summed E-state index contributed by atoms with van der Waals surface area (Å²) >= 11 is 9.87. The Labute approximate surface area is 146 Å². The van der Waals surface area contributed by atoms with E-state index in [1.165, 1.54) is 25.7 Å². The summed E-state index contributed by atoms with van der Waals surface area (Å²) in [6, 6.07) is 6.34. The topological polar surface area (TPSA) is 35.5 Å². The average Bonchev–Trinajstić information content (AvgIpc) is 3.19. The molecule has 0 radical (unpaired) electrons. The zero-order valence-corrected chi connectivity index (χ0v) is 15.1. The second kappa shape index (κ2) is 7.63. The van der Waals surface area contributed by atoms with Gasteiger partial charge >= 0.3 is 0 Å². The van der Waals surface area contributed by atoms with E-state index < -0.39 is 0 Å². The average molecular weight is 388 g/mol. The van der Waals surface area contributed by atoms with E-state index in [-0.39, 0.29) is 12.1 Å². The minimum absolute atomic E-state index is 0.258. The number of hydrogen-bond donors (Lipinski definition) is 2. The van der Waals surface area contributed by atoms with Crippen molar-refractivity contribution in [2.45, 2.75) is 37.8 Å². The van der Waals surface area contributed by atoms with Gasteiger partial charge in [-0.05, 0) is 62.4 Å². The van der Waals surface area contributed by atoms with Gasteiger partial charge in [0.1, 0.15) is 0 Å². The van der Waals surface area contributed by atoms with Crippen LogP contribution in [0.4, 0.5) is 0 Å². The fraction of sp³-hybridized carbons (Fsp3) is 0.647. The third-order valence-electron chi connectivity index (χ3n) is 4.63. The van der Waals surface area contributed by atoms with Crippen LogP contribution in [-0.4, -0.2) is 42.3 Å². The highest BCUT2D eigenvalue weighted by Crippen LogP contribution is 2.43. The molecule has 2 unspecified atom stereocenters. The van der Waals surface area contributed by atoms with E-state index in [0.29, 0.717) is 12.5 Å². The molecule has 0 spiro atoms. The predicted octanol–water partition coefficient (Wildman–Crippen LogP) is 3.60. The van der Waals surface area contributed by atoms with Crippen LogP contribution in [0.5, 0.6) is 0 Å². The zero-order chi connectivity index (χ0) is 15.5. The smallest absolute Gasteiger partial charge is 0.0791 e. The maximum Gasteiger partial charge on any atom is 0.0791 e. The molecule has 1 heterocycles. The molecule has 2 N–H and O–H groups in total. The summed E-state index contributed by atoms with van der Waals surface area (Å²) in [5.74, 6) is 0.651. The molecule has 0 bridgehead atoms. The Kier molecular flexibility index (Phi) is 5.80. The summed E-state index contributed by atoms with van der Waals surface area (Å²) < 4.78 is 1.00. The van der Waals surface area contributed by atoms with Crippen molar-refractivity contribution in [3.05, 3.63) is 33.3 Å². The lowest BCUT2D eigenvalue weighted by Crippen LogP contribution is -2.38. The first kappa shape index (κ1) is 16.7. The van der Waals surface area contributed by atoms with Gasteiger partial charge < -0.3 is 15.3 Å². The first-order valence-electron chi connectivity index (χ1n) is 8.22. The second-order valence-corrected chi connectivity index (χ2v) is 7.87. The van der Waals surface area contributed by atoms with Crippen LogP contribution in [0.15, 0.2) is 22.7 Å². The Morgan fingerprint density at radius 1 is 1.32 bits per heavy atom. The molecule has 5 heteroatoms. The molecule has 1 aromatic carbocycles. The van der Waals surface area contributed by atoms with Gasteiger partial charge in [0.05, 0.1) is 6.10 Å². The van der Waals surface area contributed by atoms with Gasteiger partial charge in [0, 0.05) is 28.6 Å². The standard InChI is InChI=1S/C17H24BrClN2O/c18-13-5-6-15(16(19)9-13)17(12-3-4-12)20-10-14(22)11-21-7-1-2-8-21/h5-6,9,12,14,17,20,22H,1-4,7-8,10-11H2. The number of aliphatic hydroxyl groups is 1. The third kappa shape index (κ3) is 4.45. The summed E-state index contributed by atoms with van der Waals surface area (Å²) in [4.78, 5) is 2.35. The molecule has 1 aliphatic heterocycles. The van der Waals surface area contributed by atoms with Gasteiger partial charge in [-0.3, -0.25) is 0 Å². The van der Waals surface area contributed by atoms with Crippen LogP contribution in [0.1, 0.15) is 37.3 Å². The molecule has 2 atom stereocenters. The Hall–Kier alpha value is -0.130. The molecule has 1 aliphatic carbocycles. The maximum atomic E-state index is 10.3. The van der Waals surface area contributed by atoms with Crippen molar-refractivity contribution in [2.75, 3.05) is 26.2 Å². The molecule has 1 aromatic rings. The lowest BCUT2D eigenvalue weighted by Gasteiger charge is -2.24. The fourth-order valence-corrected chi connectivity index (χ4v) is 4.10. The molecule has 3 rings (SSSR count). The normalized spacial score (nSPS) is 22.0. The lowest BCUT2D eigenvalue weighted by molar-refractivity contribution is 0.119. The van der Waals surface area contributed by atoms with E-state index in [0.717, 1.165) is 34.7 Å². The van der Waals surface area contributed by atoms with Gasteiger partial charge in [-0.1, -0.05) is 33.6 Å². The number of nitrogens with zero attached hydrogens (tertiary/aromatic N) is 1. The van der Waals surface area contributed by atoms with Gasteiger partial charge in [-0.2, -0.15) is 0 Å². The Morgan fingerprint density at radius 3 is 2.68 bits per heavy atom. The first-order chi connectivity index (χ1) is 10.6. The van der Waals surface area contributed by atoms with Crippen molar-refractivity contribution in [2.24, 2.45) is 5.92 Å². The van der Waals surface area contributed by atoms with E-state index in [1.807, 2.05) is 12.1 Å².